The number of rotatable bonds is 4. The van der Waals surface area contributed by atoms with Crippen LogP contribution in [0.3, 0.4) is 0 Å². The van der Waals surface area contributed by atoms with E-state index < -0.39 is 28.0 Å². The summed E-state index contributed by atoms with van der Waals surface area (Å²) in [5.41, 5.74) is 3.41. The summed E-state index contributed by atoms with van der Waals surface area (Å²) >= 11 is 30.9. The zero-order valence-electron chi connectivity index (χ0n) is 16.2. The number of benzene rings is 2. The minimum atomic E-state index is -1.34. The highest BCUT2D eigenvalue weighted by Gasteiger charge is 2.67. The molecule has 1 fully saturated rings. The van der Waals surface area contributed by atoms with Crippen LogP contribution in [-0.4, -0.2) is 34.1 Å². The first kappa shape index (κ1) is 24.0. The summed E-state index contributed by atoms with van der Waals surface area (Å²) in [6, 6.07) is 9.25. The van der Waals surface area contributed by atoms with Crippen molar-refractivity contribution in [3.63, 3.8) is 0 Å². The van der Waals surface area contributed by atoms with Crippen molar-refractivity contribution in [3.05, 3.63) is 62.6 Å². The molecule has 1 aliphatic rings. The molecule has 3 rings (SSSR count). The van der Waals surface area contributed by atoms with E-state index in [-0.39, 0.29) is 16.5 Å². The standard InChI is InChI=1S/C20H16Cl5N3O3/c1-9(29)28(2)27-18(30)14-8-13(3-4-15(14)23)26-19(31)17-16(20(17,24)25)10-5-11(21)7-12(22)6-10/h3-8,16-17H,1-2H3,(H,26,31)(H,27,30). The molecule has 0 radical (unpaired) electrons. The minimum absolute atomic E-state index is 0.0737. The van der Waals surface area contributed by atoms with Gasteiger partial charge in [-0.05, 0) is 42.0 Å². The number of nitrogens with one attached hydrogen (secondary N) is 2. The van der Waals surface area contributed by atoms with Crippen molar-refractivity contribution < 1.29 is 14.4 Å². The molecule has 2 unspecified atom stereocenters. The maximum Gasteiger partial charge on any atom is 0.271 e. The predicted octanol–water partition coefficient (Wildman–Crippen LogP) is 5.30. The van der Waals surface area contributed by atoms with Gasteiger partial charge in [0.25, 0.3) is 5.91 Å². The second-order valence-electron chi connectivity index (χ2n) is 7.04. The maximum absolute atomic E-state index is 12.8. The van der Waals surface area contributed by atoms with Crippen LogP contribution >= 0.6 is 58.0 Å². The number of hydrogen-bond acceptors (Lipinski definition) is 3. The molecular formula is C20H16Cl5N3O3. The van der Waals surface area contributed by atoms with Gasteiger partial charge in [0, 0.05) is 35.6 Å². The van der Waals surface area contributed by atoms with Crippen LogP contribution < -0.4 is 10.7 Å². The summed E-state index contributed by atoms with van der Waals surface area (Å²) in [5, 5.41) is 4.67. The molecule has 0 heterocycles. The van der Waals surface area contributed by atoms with Crippen LogP contribution in [-0.2, 0) is 9.59 Å². The van der Waals surface area contributed by atoms with Gasteiger partial charge in [0.1, 0.15) is 4.33 Å². The molecule has 6 nitrogen and oxygen atoms in total. The zero-order chi connectivity index (χ0) is 23.1. The quantitative estimate of drug-likeness (QED) is 0.422. The van der Waals surface area contributed by atoms with E-state index in [1.807, 2.05) is 0 Å². The number of hydrazine groups is 1. The number of carbonyl (C=O) groups is 3. The Morgan fingerprint density at radius 3 is 2.19 bits per heavy atom. The summed E-state index contributed by atoms with van der Waals surface area (Å²) in [7, 11) is 1.40. The number of halogens is 5. The summed E-state index contributed by atoms with van der Waals surface area (Å²) in [5.74, 6) is -2.69. The maximum atomic E-state index is 12.8. The SMILES string of the molecule is CC(=O)N(C)NC(=O)c1cc(NC(=O)C2C(c3cc(Cl)cc(Cl)c3)C2(Cl)Cl)ccc1Cl. The monoisotopic (exact) mass is 521 g/mol. The van der Waals surface area contributed by atoms with Crippen molar-refractivity contribution in [2.75, 3.05) is 12.4 Å². The van der Waals surface area contributed by atoms with Gasteiger partial charge >= 0.3 is 0 Å². The molecule has 31 heavy (non-hydrogen) atoms. The van der Waals surface area contributed by atoms with Gasteiger partial charge in [-0.25, -0.2) is 0 Å². The Hall–Kier alpha value is -1.70. The van der Waals surface area contributed by atoms with Crippen LogP contribution in [0.25, 0.3) is 0 Å². The van der Waals surface area contributed by atoms with Crippen LogP contribution in [0.1, 0.15) is 28.8 Å². The highest BCUT2D eigenvalue weighted by atomic mass is 35.5. The number of nitrogens with zero attached hydrogens (tertiary/aromatic N) is 1. The smallest absolute Gasteiger partial charge is 0.271 e. The van der Waals surface area contributed by atoms with Crippen molar-refractivity contribution in [1.29, 1.82) is 0 Å². The molecule has 1 aliphatic carbocycles. The lowest BCUT2D eigenvalue weighted by molar-refractivity contribution is -0.129. The molecule has 2 aromatic carbocycles. The Balaban J connectivity index is 1.77. The fraction of sp³-hybridized carbons (Fsp3) is 0.250. The van der Waals surface area contributed by atoms with Crippen molar-refractivity contribution in [1.82, 2.24) is 10.4 Å². The second-order valence-corrected chi connectivity index (χ2v) is 9.76. The first-order valence-electron chi connectivity index (χ1n) is 8.91. The predicted molar refractivity (Wildman–Crippen MR) is 123 cm³/mol. The molecule has 0 bridgehead atoms. The molecule has 3 amide bonds. The van der Waals surface area contributed by atoms with Crippen LogP contribution in [0.2, 0.25) is 15.1 Å². The van der Waals surface area contributed by atoms with E-state index in [1.54, 1.807) is 18.2 Å². The lowest BCUT2D eigenvalue weighted by Gasteiger charge is -2.17. The molecule has 0 spiro atoms. The molecule has 11 heteroatoms. The van der Waals surface area contributed by atoms with Gasteiger partial charge in [-0.2, -0.15) is 0 Å². The third kappa shape index (κ3) is 5.21. The molecule has 0 aromatic heterocycles. The van der Waals surface area contributed by atoms with E-state index in [4.69, 9.17) is 58.0 Å². The third-order valence-electron chi connectivity index (χ3n) is 4.80. The van der Waals surface area contributed by atoms with Crippen LogP contribution in [0.15, 0.2) is 36.4 Å². The fourth-order valence-electron chi connectivity index (χ4n) is 3.11. The van der Waals surface area contributed by atoms with E-state index in [0.717, 1.165) is 5.01 Å². The van der Waals surface area contributed by atoms with Gasteiger partial charge in [-0.15, -0.1) is 23.2 Å². The average Bonchev–Trinajstić information content (AvgIpc) is 3.24. The highest BCUT2D eigenvalue weighted by molar-refractivity contribution is 6.53. The van der Waals surface area contributed by atoms with Crippen molar-refractivity contribution in [2.24, 2.45) is 5.92 Å². The normalized spacial score (nSPS) is 18.8. The zero-order valence-corrected chi connectivity index (χ0v) is 20.0. The number of carbonyl (C=O) groups excluding carboxylic acids is 3. The van der Waals surface area contributed by atoms with Gasteiger partial charge in [0.15, 0.2) is 0 Å². The number of anilines is 1. The Kier molecular flexibility index (Phi) is 6.99. The van der Waals surface area contributed by atoms with Gasteiger partial charge in [0.05, 0.1) is 16.5 Å². The number of alkyl halides is 2. The Morgan fingerprint density at radius 1 is 1.00 bits per heavy atom. The average molecular weight is 524 g/mol. The topological polar surface area (TPSA) is 78.5 Å². The van der Waals surface area contributed by atoms with E-state index >= 15 is 0 Å². The third-order valence-corrected chi connectivity index (χ3v) is 6.51. The largest absolute Gasteiger partial charge is 0.326 e. The Labute approximate surface area is 203 Å². The highest BCUT2D eigenvalue weighted by Crippen LogP contribution is 2.65. The molecular weight excluding hydrogens is 508 g/mol. The minimum Gasteiger partial charge on any atom is -0.326 e. The summed E-state index contributed by atoms with van der Waals surface area (Å²) in [6.07, 6.45) is 0. The molecule has 0 aliphatic heterocycles. The van der Waals surface area contributed by atoms with Crippen molar-refractivity contribution >= 4 is 81.4 Å². The molecule has 1 saturated carbocycles. The summed E-state index contributed by atoms with van der Waals surface area (Å²) in [4.78, 5) is 36.6. The molecule has 0 saturated heterocycles. The van der Waals surface area contributed by atoms with E-state index in [2.05, 4.69) is 10.7 Å². The van der Waals surface area contributed by atoms with Gasteiger partial charge in [-0.3, -0.25) is 24.8 Å². The van der Waals surface area contributed by atoms with Crippen molar-refractivity contribution in [3.8, 4) is 0 Å². The first-order valence-corrected chi connectivity index (χ1v) is 10.8. The van der Waals surface area contributed by atoms with Crippen molar-refractivity contribution in [2.45, 2.75) is 17.2 Å². The van der Waals surface area contributed by atoms with E-state index in [1.165, 1.54) is 32.2 Å². The first-order chi connectivity index (χ1) is 14.4. The lowest BCUT2D eigenvalue weighted by atomic mass is 10.1. The van der Waals surface area contributed by atoms with Crippen LogP contribution in [0.5, 0.6) is 0 Å². The second kappa shape index (κ2) is 9.04. The fourth-order valence-corrected chi connectivity index (χ4v) is 4.69. The number of amides is 3. The summed E-state index contributed by atoms with van der Waals surface area (Å²) < 4.78 is -1.34. The molecule has 2 N–H and O–H groups in total. The molecule has 164 valence electrons. The number of hydrogen-bond donors (Lipinski definition) is 2. The van der Waals surface area contributed by atoms with Gasteiger partial charge < -0.3 is 5.32 Å². The Morgan fingerprint density at radius 2 is 1.61 bits per heavy atom. The lowest BCUT2D eigenvalue weighted by Crippen LogP contribution is -2.42. The van der Waals surface area contributed by atoms with E-state index in [9.17, 15) is 14.4 Å². The molecule has 2 atom stereocenters. The summed E-state index contributed by atoms with van der Waals surface area (Å²) in [6.45, 7) is 1.29. The van der Waals surface area contributed by atoms with Crippen LogP contribution in [0.4, 0.5) is 5.69 Å². The van der Waals surface area contributed by atoms with Gasteiger partial charge in [-0.1, -0.05) is 34.8 Å². The Bertz CT molecular complexity index is 1060. The molecule has 2 aromatic rings. The van der Waals surface area contributed by atoms with E-state index in [0.29, 0.717) is 21.3 Å². The van der Waals surface area contributed by atoms with Crippen LogP contribution in [0, 0.1) is 5.92 Å². The van der Waals surface area contributed by atoms with Gasteiger partial charge in [0.2, 0.25) is 11.8 Å².